The molecule has 3 aromatic rings. The van der Waals surface area contributed by atoms with E-state index in [1.807, 2.05) is 32.0 Å². The smallest absolute Gasteiger partial charge is 0.307 e. The van der Waals surface area contributed by atoms with Crippen molar-refractivity contribution in [2.75, 3.05) is 10.7 Å². The van der Waals surface area contributed by atoms with Gasteiger partial charge in [-0.05, 0) is 61.4 Å². The molecule has 3 rings (SSSR count). The second kappa shape index (κ2) is 10.5. The molecule has 5 nitrogen and oxygen atoms in total. The second-order valence-corrected chi connectivity index (χ2v) is 8.96. The summed E-state index contributed by atoms with van der Waals surface area (Å²) in [6, 6.07) is 12.0. The SMILES string of the molecule is CC(=O)N(c1ccc(C)c(C)c1)c1nc(COC(=O)CCSc2ccc(F)cc2)cs1. The lowest BCUT2D eigenvalue weighted by Crippen LogP contribution is -2.22. The Labute approximate surface area is 189 Å². The first kappa shape index (κ1) is 23.0. The molecule has 1 heterocycles. The highest BCUT2D eigenvalue weighted by Gasteiger charge is 2.19. The van der Waals surface area contributed by atoms with Crippen molar-refractivity contribution in [3.05, 3.63) is 70.5 Å². The van der Waals surface area contributed by atoms with Crippen LogP contribution < -0.4 is 4.90 Å². The molecular weight excluding hydrogens is 435 g/mol. The normalized spacial score (nSPS) is 10.7. The van der Waals surface area contributed by atoms with E-state index in [0.717, 1.165) is 21.7 Å². The predicted molar refractivity (Wildman–Crippen MR) is 122 cm³/mol. The first-order valence-corrected chi connectivity index (χ1v) is 11.6. The molecule has 0 unspecified atom stereocenters. The Balaban J connectivity index is 1.54. The molecule has 162 valence electrons. The minimum Gasteiger partial charge on any atom is -0.459 e. The van der Waals surface area contributed by atoms with Gasteiger partial charge in [0.2, 0.25) is 5.91 Å². The highest BCUT2D eigenvalue weighted by Crippen LogP contribution is 2.30. The first-order chi connectivity index (χ1) is 14.8. The molecule has 0 N–H and O–H groups in total. The zero-order valence-corrected chi connectivity index (χ0v) is 19.2. The van der Waals surface area contributed by atoms with Crippen LogP contribution in [0.2, 0.25) is 0 Å². The van der Waals surface area contributed by atoms with Gasteiger partial charge in [0.25, 0.3) is 0 Å². The lowest BCUT2D eigenvalue weighted by atomic mass is 10.1. The summed E-state index contributed by atoms with van der Waals surface area (Å²) in [5.74, 6) is -0.217. The van der Waals surface area contributed by atoms with Gasteiger partial charge in [0.05, 0.1) is 17.8 Å². The van der Waals surface area contributed by atoms with Gasteiger partial charge in [-0.25, -0.2) is 9.37 Å². The maximum absolute atomic E-state index is 12.9. The fourth-order valence-electron chi connectivity index (χ4n) is 2.77. The molecule has 0 fully saturated rings. The van der Waals surface area contributed by atoms with Crippen LogP contribution in [0.1, 0.15) is 30.2 Å². The van der Waals surface area contributed by atoms with Crippen molar-refractivity contribution in [1.29, 1.82) is 0 Å². The van der Waals surface area contributed by atoms with Crippen molar-refractivity contribution in [3.63, 3.8) is 0 Å². The van der Waals surface area contributed by atoms with Gasteiger partial charge in [0.15, 0.2) is 5.13 Å². The van der Waals surface area contributed by atoms with E-state index in [4.69, 9.17) is 4.74 Å². The number of thiazole rings is 1. The molecule has 1 amide bonds. The summed E-state index contributed by atoms with van der Waals surface area (Å²) >= 11 is 2.79. The summed E-state index contributed by atoms with van der Waals surface area (Å²) in [4.78, 5) is 31.2. The summed E-state index contributed by atoms with van der Waals surface area (Å²) < 4.78 is 18.2. The Hall–Kier alpha value is -2.71. The summed E-state index contributed by atoms with van der Waals surface area (Å²) in [7, 11) is 0. The van der Waals surface area contributed by atoms with E-state index in [1.165, 1.54) is 42.2 Å². The van der Waals surface area contributed by atoms with Crippen LogP contribution in [0.5, 0.6) is 0 Å². The number of aryl methyl sites for hydroxylation is 2. The van der Waals surface area contributed by atoms with Crippen LogP contribution in [0.25, 0.3) is 0 Å². The molecule has 0 spiro atoms. The molecule has 0 atom stereocenters. The monoisotopic (exact) mass is 458 g/mol. The highest BCUT2D eigenvalue weighted by atomic mass is 32.2. The topological polar surface area (TPSA) is 59.5 Å². The van der Waals surface area contributed by atoms with Crippen molar-refractivity contribution in [3.8, 4) is 0 Å². The van der Waals surface area contributed by atoms with Crippen LogP contribution in [-0.2, 0) is 20.9 Å². The van der Waals surface area contributed by atoms with Crippen LogP contribution >= 0.6 is 23.1 Å². The van der Waals surface area contributed by atoms with Crippen LogP contribution in [0.4, 0.5) is 15.2 Å². The zero-order valence-electron chi connectivity index (χ0n) is 17.6. The minimum atomic E-state index is -0.332. The fraction of sp³-hybridized carbons (Fsp3) is 0.261. The molecule has 0 saturated carbocycles. The number of aromatic nitrogens is 1. The zero-order chi connectivity index (χ0) is 22.4. The highest BCUT2D eigenvalue weighted by molar-refractivity contribution is 7.99. The average molecular weight is 459 g/mol. The Morgan fingerprint density at radius 2 is 1.87 bits per heavy atom. The van der Waals surface area contributed by atoms with Gasteiger partial charge in [-0.3, -0.25) is 14.5 Å². The first-order valence-electron chi connectivity index (χ1n) is 9.70. The van der Waals surface area contributed by atoms with Gasteiger partial charge in [-0.2, -0.15) is 0 Å². The van der Waals surface area contributed by atoms with Gasteiger partial charge in [0, 0.05) is 23.0 Å². The summed E-state index contributed by atoms with van der Waals surface area (Å²) in [6.07, 6.45) is 0.237. The number of benzene rings is 2. The third kappa shape index (κ3) is 6.38. The summed E-state index contributed by atoms with van der Waals surface area (Å²) in [5.41, 5.74) is 3.59. The van der Waals surface area contributed by atoms with Crippen molar-refractivity contribution in [2.24, 2.45) is 0 Å². The molecule has 0 aliphatic rings. The van der Waals surface area contributed by atoms with E-state index >= 15 is 0 Å². The number of nitrogens with zero attached hydrogens (tertiary/aromatic N) is 2. The molecule has 1 aromatic heterocycles. The summed E-state index contributed by atoms with van der Waals surface area (Å²) in [6.45, 7) is 5.56. The molecule has 2 aromatic carbocycles. The molecule has 0 aliphatic carbocycles. The lowest BCUT2D eigenvalue weighted by molar-refractivity contribution is -0.144. The van der Waals surface area contributed by atoms with E-state index in [0.29, 0.717) is 16.6 Å². The molecule has 31 heavy (non-hydrogen) atoms. The van der Waals surface area contributed by atoms with Crippen molar-refractivity contribution >= 4 is 45.8 Å². The van der Waals surface area contributed by atoms with Crippen LogP contribution in [0, 0.1) is 19.7 Å². The van der Waals surface area contributed by atoms with Crippen LogP contribution in [0.3, 0.4) is 0 Å². The molecular formula is C23H23FN2O3S2. The van der Waals surface area contributed by atoms with Gasteiger partial charge >= 0.3 is 5.97 Å². The second-order valence-electron chi connectivity index (χ2n) is 6.96. The number of amides is 1. The maximum atomic E-state index is 12.9. The van der Waals surface area contributed by atoms with Crippen LogP contribution in [0.15, 0.2) is 52.7 Å². The Morgan fingerprint density at radius 3 is 2.55 bits per heavy atom. The Kier molecular flexibility index (Phi) is 7.81. The molecule has 8 heteroatoms. The number of hydrogen-bond donors (Lipinski definition) is 0. The third-order valence-electron chi connectivity index (χ3n) is 4.56. The lowest BCUT2D eigenvalue weighted by Gasteiger charge is -2.19. The third-order valence-corrected chi connectivity index (χ3v) is 6.45. The number of carbonyl (C=O) groups is 2. The molecule has 0 aliphatic heterocycles. The predicted octanol–water partition coefficient (Wildman–Crippen LogP) is 5.81. The Morgan fingerprint density at radius 1 is 1.13 bits per heavy atom. The van der Waals surface area contributed by atoms with Gasteiger partial charge < -0.3 is 4.74 Å². The number of ether oxygens (including phenoxy) is 1. The number of esters is 1. The van der Waals surface area contributed by atoms with Crippen LogP contribution in [-0.4, -0.2) is 22.6 Å². The van der Waals surface area contributed by atoms with E-state index < -0.39 is 0 Å². The number of anilines is 2. The minimum absolute atomic E-state index is 0.0508. The van der Waals surface area contributed by atoms with Gasteiger partial charge in [-0.15, -0.1) is 23.1 Å². The average Bonchev–Trinajstić information content (AvgIpc) is 3.19. The largest absolute Gasteiger partial charge is 0.459 e. The molecule has 0 bridgehead atoms. The van der Waals surface area contributed by atoms with E-state index in [2.05, 4.69) is 4.98 Å². The number of halogens is 1. The van der Waals surface area contributed by atoms with Crippen molar-refractivity contribution in [1.82, 2.24) is 4.98 Å². The number of carbonyl (C=O) groups excluding carboxylic acids is 2. The van der Waals surface area contributed by atoms with E-state index in [-0.39, 0.29) is 30.7 Å². The maximum Gasteiger partial charge on any atom is 0.307 e. The molecule has 0 radical (unpaired) electrons. The summed E-state index contributed by atoms with van der Waals surface area (Å²) in [5, 5.41) is 2.32. The van der Waals surface area contributed by atoms with E-state index in [1.54, 1.807) is 22.4 Å². The van der Waals surface area contributed by atoms with E-state index in [9.17, 15) is 14.0 Å². The standard InChI is InChI=1S/C23H23FN2O3S2/c1-15-4-7-20(12-16(15)2)26(17(3)27)23-25-19(14-31-23)13-29-22(28)10-11-30-21-8-5-18(24)6-9-21/h4-9,12,14H,10-11,13H2,1-3H3. The number of rotatable bonds is 8. The van der Waals surface area contributed by atoms with Gasteiger partial charge in [0.1, 0.15) is 12.4 Å². The number of thioether (sulfide) groups is 1. The van der Waals surface area contributed by atoms with Crippen molar-refractivity contribution in [2.45, 2.75) is 38.7 Å². The Bertz CT molecular complexity index is 1070. The van der Waals surface area contributed by atoms with Crippen molar-refractivity contribution < 1.29 is 18.7 Å². The fourth-order valence-corrected chi connectivity index (χ4v) is 4.47. The van der Waals surface area contributed by atoms with Gasteiger partial charge in [-0.1, -0.05) is 6.07 Å². The molecule has 0 saturated heterocycles. The quantitative estimate of drug-likeness (QED) is 0.315. The number of hydrogen-bond acceptors (Lipinski definition) is 6.